The van der Waals surface area contributed by atoms with Crippen molar-refractivity contribution < 1.29 is 9.21 Å². The minimum Gasteiger partial charge on any atom is -0.450 e. The Morgan fingerprint density at radius 3 is 2.77 bits per heavy atom. The second-order valence-electron chi connectivity index (χ2n) is 7.42. The van der Waals surface area contributed by atoms with Crippen LogP contribution in [-0.2, 0) is 6.42 Å². The summed E-state index contributed by atoms with van der Waals surface area (Å²) in [5, 5.41) is 3.00. The lowest BCUT2D eigenvalue weighted by Crippen LogP contribution is -2.28. The molecule has 0 fully saturated rings. The Morgan fingerprint density at radius 2 is 1.97 bits per heavy atom. The summed E-state index contributed by atoms with van der Waals surface area (Å²) in [6.45, 7) is 2.11. The van der Waals surface area contributed by atoms with Crippen LogP contribution in [0.5, 0.6) is 0 Å². The molecule has 5 nitrogen and oxygen atoms in total. The molecule has 0 unspecified atom stereocenters. The van der Waals surface area contributed by atoms with Crippen LogP contribution >= 0.6 is 22.7 Å². The summed E-state index contributed by atoms with van der Waals surface area (Å²) in [4.78, 5) is 34.3. The van der Waals surface area contributed by atoms with Gasteiger partial charge in [-0.25, -0.2) is 4.98 Å². The molecule has 1 aliphatic heterocycles. The third kappa shape index (κ3) is 2.70. The van der Waals surface area contributed by atoms with Gasteiger partial charge < -0.3 is 4.42 Å². The molecule has 0 aliphatic carbocycles. The zero-order chi connectivity index (χ0) is 21.1. The average Bonchev–Trinajstić information content (AvgIpc) is 3.51. The highest BCUT2D eigenvalue weighted by molar-refractivity contribution is 7.22. The fourth-order valence-electron chi connectivity index (χ4n) is 4.11. The Kier molecular flexibility index (Phi) is 4.09. The molecule has 1 aliphatic rings. The highest BCUT2D eigenvalue weighted by atomic mass is 32.1. The molecule has 6 rings (SSSR count). The number of anilines is 1. The number of thiazole rings is 1. The largest absolute Gasteiger partial charge is 0.450 e. The quantitative estimate of drug-likeness (QED) is 0.354. The number of thiophene rings is 1. The SMILES string of the molecule is CCc1ccc2nc(N3C(=O)c4oc5ccccc5c(=O)c4[C@H]3c3cccs3)sc2c1. The van der Waals surface area contributed by atoms with Crippen LogP contribution in [0.4, 0.5) is 5.13 Å². The van der Waals surface area contributed by atoms with Crippen LogP contribution in [0.25, 0.3) is 21.2 Å². The second-order valence-corrected chi connectivity index (χ2v) is 9.40. The van der Waals surface area contributed by atoms with Gasteiger partial charge in [0.05, 0.1) is 21.2 Å². The fraction of sp³-hybridized carbons (Fsp3) is 0.125. The van der Waals surface area contributed by atoms with Crippen LogP contribution in [0.1, 0.15) is 39.5 Å². The third-order valence-corrected chi connectivity index (χ3v) is 7.59. The molecule has 4 heterocycles. The summed E-state index contributed by atoms with van der Waals surface area (Å²) >= 11 is 2.98. The fourth-order valence-corrected chi connectivity index (χ4v) is 5.99. The van der Waals surface area contributed by atoms with Gasteiger partial charge in [0.25, 0.3) is 5.91 Å². The average molecular weight is 445 g/mol. The first kappa shape index (κ1) is 18.5. The van der Waals surface area contributed by atoms with Crippen molar-refractivity contribution in [1.29, 1.82) is 0 Å². The lowest BCUT2D eigenvalue weighted by Gasteiger charge is -2.20. The first-order valence-corrected chi connectivity index (χ1v) is 11.7. The molecular weight excluding hydrogens is 428 g/mol. The predicted octanol–water partition coefficient (Wildman–Crippen LogP) is 5.78. The van der Waals surface area contributed by atoms with Crippen molar-refractivity contribution >= 4 is 54.9 Å². The van der Waals surface area contributed by atoms with E-state index in [1.165, 1.54) is 28.2 Å². The molecule has 0 N–H and O–H groups in total. The van der Waals surface area contributed by atoms with E-state index in [4.69, 9.17) is 9.40 Å². The summed E-state index contributed by atoms with van der Waals surface area (Å²) in [5.41, 5.74) is 2.70. The van der Waals surface area contributed by atoms with E-state index in [1.807, 2.05) is 23.6 Å². The minimum atomic E-state index is -0.547. The highest BCUT2D eigenvalue weighted by Crippen LogP contribution is 2.44. The van der Waals surface area contributed by atoms with Gasteiger partial charge in [0.2, 0.25) is 5.76 Å². The van der Waals surface area contributed by atoms with E-state index in [1.54, 1.807) is 29.2 Å². The van der Waals surface area contributed by atoms with Gasteiger partial charge in [-0.15, -0.1) is 11.3 Å². The smallest absolute Gasteiger partial charge is 0.297 e. The van der Waals surface area contributed by atoms with E-state index in [-0.39, 0.29) is 17.1 Å². The van der Waals surface area contributed by atoms with Crippen molar-refractivity contribution in [3.05, 3.63) is 92.0 Å². The van der Waals surface area contributed by atoms with Gasteiger partial charge in [-0.1, -0.05) is 42.5 Å². The molecule has 5 aromatic rings. The molecule has 2 aromatic carbocycles. The number of carbonyl (C=O) groups excluding carboxylic acids is 1. The van der Waals surface area contributed by atoms with Crippen molar-refractivity contribution in [2.75, 3.05) is 4.90 Å². The predicted molar refractivity (Wildman–Crippen MR) is 124 cm³/mol. The molecule has 1 atom stereocenters. The first-order valence-electron chi connectivity index (χ1n) is 9.98. The van der Waals surface area contributed by atoms with Gasteiger partial charge in [-0.05, 0) is 47.7 Å². The molecule has 31 heavy (non-hydrogen) atoms. The molecule has 1 amide bonds. The Morgan fingerprint density at radius 1 is 1.10 bits per heavy atom. The summed E-state index contributed by atoms with van der Waals surface area (Å²) in [7, 11) is 0. The number of carbonyl (C=O) groups is 1. The number of aryl methyl sites for hydroxylation is 1. The molecule has 3 aromatic heterocycles. The van der Waals surface area contributed by atoms with Crippen molar-refractivity contribution in [1.82, 2.24) is 4.98 Å². The topological polar surface area (TPSA) is 63.4 Å². The van der Waals surface area contributed by atoms with E-state index in [2.05, 4.69) is 19.1 Å². The highest BCUT2D eigenvalue weighted by Gasteiger charge is 2.45. The molecule has 0 bridgehead atoms. The second kappa shape index (κ2) is 6.87. The van der Waals surface area contributed by atoms with Crippen molar-refractivity contribution in [3.63, 3.8) is 0 Å². The van der Waals surface area contributed by atoms with Gasteiger partial charge in [-0.2, -0.15) is 0 Å². The Labute approximate surface area is 185 Å². The van der Waals surface area contributed by atoms with Crippen LogP contribution in [0.2, 0.25) is 0 Å². The molecule has 0 radical (unpaired) electrons. The normalized spacial score (nSPS) is 15.8. The number of para-hydroxylation sites is 1. The standard InChI is InChI=1S/C24H16N2O3S2/c1-2-13-9-10-15-18(12-13)31-24(25-15)26-20(17-8-5-11-30-17)19-21(27)14-6-3-4-7-16(14)29-22(19)23(26)28/h3-12,20H,2H2,1H3/t20-/m1/s1. The van der Waals surface area contributed by atoms with E-state index in [0.717, 1.165) is 21.5 Å². The van der Waals surface area contributed by atoms with Crippen LogP contribution in [0, 0.1) is 0 Å². The third-order valence-electron chi connectivity index (χ3n) is 5.65. The van der Waals surface area contributed by atoms with Gasteiger partial charge in [-0.3, -0.25) is 14.5 Å². The number of aromatic nitrogens is 1. The van der Waals surface area contributed by atoms with Crippen LogP contribution in [0.15, 0.2) is 69.2 Å². The van der Waals surface area contributed by atoms with Crippen LogP contribution in [0.3, 0.4) is 0 Å². The lowest BCUT2D eigenvalue weighted by atomic mass is 10.0. The zero-order valence-corrected chi connectivity index (χ0v) is 18.1. The lowest BCUT2D eigenvalue weighted by molar-refractivity contribution is 0.0971. The molecular formula is C24H16N2O3S2. The number of amides is 1. The maximum atomic E-state index is 13.6. The monoisotopic (exact) mass is 444 g/mol. The van der Waals surface area contributed by atoms with Gasteiger partial charge in [0.15, 0.2) is 10.6 Å². The van der Waals surface area contributed by atoms with E-state index in [0.29, 0.717) is 21.7 Å². The number of hydrogen-bond donors (Lipinski definition) is 0. The van der Waals surface area contributed by atoms with Gasteiger partial charge >= 0.3 is 0 Å². The molecule has 0 spiro atoms. The maximum Gasteiger partial charge on any atom is 0.297 e. The Bertz CT molecular complexity index is 1530. The van der Waals surface area contributed by atoms with Gasteiger partial charge in [0, 0.05) is 4.88 Å². The molecule has 7 heteroatoms. The zero-order valence-electron chi connectivity index (χ0n) is 16.5. The first-order chi connectivity index (χ1) is 15.2. The summed E-state index contributed by atoms with van der Waals surface area (Å²) in [5.74, 6) is -0.221. The summed E-state index contributed by atoms with van der Waals surface area (Å²) < 4.78 is 7.00. The number of nitrogens with zero attached hydrogens (tertiary/aromatic N) is 2. The van der Waals surface area contributed by atoms with Crippen molar-refractivity contribution in [2.45, 2.75) is 19.4 Å². The maximum absolute atomic E-state index is 13.6. The molecule has 0 saturated carbocycles. The number of hydrogen-bond acceptors (Lipinski definition) is 6. The number of fused-ring (bicyclic) bond motifs is 3. The van der Waals surface area contributed by atoms with E-state index >= 15 is 0 Å². The Hall–Kier alpha value is -3.29. The Balaban J connectivity index is 1.61. The van der Waals surface area contributed by atoms with E-state index in [9.17, 15) is 9.59 Å². The number of rotatable bonds is 3. The molecule has 152 valence electrons. The van der Waals surface area contributed by atoms with Gasteiger partial charge in [0.1, 0.15) is 11.6 Å². The van der Waals surface area contributed by atoms with Crippen LogP contribution in [-0.4, -0.2) is 10.9 Å². The van der Waals surface area contributed by atoms with Crippen LogP contribution < -0.4 is 10.3 Å². The summed E-state index contributed by atoms with van der Waals surface area (Å²) in [6, 6.07) is 16.5. The minimum absolute atomic E-state index is 0.107. The summed E-state index contributed by atoms with van der Waals surface area (Å²) in [6.07, 6.45) is 0.931. The molecule has 0 saturated heterocycles. The van der Waals surface area contributed by atoms with Crippen molar-refractivity contribution in [3.8, 4) is 0 Å². The van der Waals surface area contributed by atoms with Crippen molar-refractivity contribution in [2.24, 2.45) is 0 Å². The van der Waals surface area contributed by atoms with E-state index < -0.39 is 6.04 Å². The number of benzene rings is 2.